The van der Waals surface area contributed by atoms with E-state index in [1.807, 2.05) is 19.1 Å². The molecule has 0 unspecified atom stereocenters. The Kier molecular flexibility index (Phi) is 5.96. The van der Waals surface area contributed by atoms with Crippen molar-refractivity contribution < 1.29 is 18.7 Å². The molecule has 0 atom stereocenters. The van der Waals surface area contributed by atoms with Crippen LogP contribution in [0.5, 0.6) is 0 Å². The van der Waals surface area contributed by atoms with Crippen molar-refractivity contribution in [3.8, 4) is 0 Å². The third kappa shape index (κ3) is 4.35. The number of amides is 2. The molecule has 2 aliphatic heterocycles. The van der Waals surface area contributed by atoms with Crippen molar-refractivity contribution in [2.24, 2.45) is 0 Å². The third-order valence-electron chi connectivity index (χ3n) is 5.47. The summed E-state index contributed by atoms with van der Waals surface area (Å²) in [5.41, 5.74) is 0.305. The van der Waals surface area contributed by atoms with Crippen LogP contribution in [0.1, 0.15) is 33.8 Å². The van der Waals surface area contributed by atoms with Gasteiger partial charge in [-0.15, -0.1) is 0 Å². The molecule has 2 amide bonds. The molecular weight excluding hydrogens is 374 g/mol. The molecule has 4 rings (SSSR count). The maximum absolute atomic E-state index is 13.3. The monoisotopic (exact) mass is 401 g/mol. The largest absolute Gasteiger partial charge is 0.467 e. The smallest absolute Gasteiger partial charge is 0.289 e. The van der Waals surface area contributed by atoms with E-state index in [0.717, 1.165) is 38.6 Å². The van der Waals surface area contributed by atoms with Crippen molar-refractivity contribution in [1.82, 2.24) is 24.3 Å². The van der Waals surface area contributed by atoms with Crippen LogP contribution >= 0.6 is 0 Å². The molecule has 4 heterocycles. The van der Waals surface area contributed by atoms with Crippen LogP contribution in [0, 0.1) is 0 Å². The molecule has 29 heavy (non-hydrogen) atoms. The number of imidazole rings is 1. The van der Waals surface area contributed by atoms with Crippen molar-refractivity contribution in [3.63, 3.8) is 0 Å². The van der Waals surface area contributed by atoms with Gasteiger partial charge in [0.2, 0.25) is 0 Å². The third-order valence-corrected chi connectivity index (χ3v) is 5.47. The highest BCUT2D eigenvalue weighted by molar-refractivity contribution is 5.96. The first-order chi connectivity index (χ1) is 14.2. The zero-order chi connectivity index (χ0) is 20.2. The number of carbonyl (C=O) groups is 2. The molecule has 0 aliphatic carbocycles. The summed E-state index contributed by atoms with van der Waals surface area (Å²) in [5, 5.41) is 0. The van der Waals surface area contributed by atoms with Crippen LogP contribution in [0.4, 0.5) is 0 Å². The Morgan fingerprint density at radius 2 is 2.07 bits per heavy atom. The molecule has 2 aromatic rings. The Morgan fingerprint density at radius 3 is 2.79 bits per heavy atom. The van der Waals surface area contributed by atoms with Crippen molar-refractivity contribution in [1.29, 1.82) is 0 Å². The zero-order valence-corrected chi connectivity index (χ0v) is 16.7. The van der Waals surface area contributed by atoms with E-state index in [0.29, 0.717) is 44.2 Å². The average Bonchev–Trinajstić information content (AvgIpc) is 3.42. The van der Waals surface area contributed by atoms with E-state index < -0.39 is 0 Å². The fraction of sp³-hybridized carbons (Fsp3) is 0.550. The number of carbonyl (C=O) groups excluding carboxylic acids is 2. The van der Waals surface area contributed by atoms with E-state index in [4.69, 9.17) is 9.15 Å². The van der Waals surface area contributed by atoms with Gasteiger partial charge in [-0.2, -0.15) is 0 Å². The second-order valence-electron chi connectivity index (χ2n) is 7.29. The summed E-state index contributed by atoms with van der Waals surface area (Å²) in [6.45, 7) is 8.72. The Hall–Kier alpha value is -2.65. The lowest BCUT2D eigenvalue weighted by molar-refractivity contribution is 0.0316. The van der Waals surface area contributed by atoms with Crippen LogP contribution in [-0.4, -0.2) is 88.5 Å². The van der Waals surface area contributed by atoms with Gasteiger partial charge in [0.1, 0.15) is 11.5 Å². The first-order valence-corrected chi connectivity index (χ1v) is 10.1. The van der Waals surface area contributed by atoms with Gasteiger partial charge in [-0.25, -0.2) is 4.98 Å². The minimum Gasteiger partial charge on any atom is -0.467 e. The number of furan rings is 1. The SMILES string of the molecule is CCN1CCn2cc(C(=O)N(CCN3CCOCC3)Cc3ccco3)nc2C1=O. The van der Waals surface area contributed by atoms with Gasteiger partial charge >= 0.3 is 0 Å². The highest BCUT2D eigenvalue weighted by atomic mass is 16.5. The number of fused-ring (bicyclic) bond motifs is 1. The van der Waals surface area contributed by atoms with Gasteiger partial charge in [-0.3, -0.25) is 14.5 Å². The lowest BCUT2D eigenvalue weighted by atomic mass is 10.3. The summed E-state index contributed by atoms with van der Waals surface area (Å²) in [4.78, 5) is 35.9. The quantitative estimate of drug-likeness (QED) is 0.686. The van der Waals surface area contributed by atoms with Gasteiger partial charge < -0.3 is 23.5 Å². The highest BCUT2D eigenvalue weighted by Crippen LogP contribution is 2.16. The Labute approximate surface area is 169 Å². The second-order valence-corrected chi connectivity index (χ2v) is 7.29. The molecule has 0 spiro atoms. The van der Waals surface area contributed by atoms with Gasteiger partial charge in [-0.05, 0) is 19.1 Å². The molecule has 0 aromatic carbocycles. The molecule has 2 aromatic heterocycles. The Balaban J connectivity index is 1.50. The van der Waals surface area contributed by atoms with Crippen LogP contribution in [0.2, 0.25) is 0 Å². The summed E-state index contributed by atoms with van der Waals surface area (Å²) < 4.78 is 12.6. The minimum absolute atomic E-state index is 0.122. The Bertz CT molecular complexity index is 841. The van der Waals surface area contributed by atoms with E-state index in [-0.39, 0.29) is 11.8 Å². The Morgan fingerprint density at radius 1 is 1.24 bits per heavy atom. The second kappa shape index (κ2) is 8.79. The van der Waals surface area contributed by atoms with Crippen molar-refractivity contribution >= 4 is 11.8 Å². The van der Waals surface area contributed by atoms with Gasteiger partial charge in [0, 0.05) is 52.0 Å². The number of morpholine rings is 1. The van der Waals surface area contributed by atoms with Gasteiger partial charge in [0.15, 0.2) is 5.82 Å². The molecular formula is C20H27N5O4. The summed E-state index contributed by atoms with van der Waals surface area (Å²) in [5.74, 6) is 0.751. The molecule has 0 saturated carbocycles. The fourth-order valence-electron chi connectivity index (χ4n) is 3.73. The number of nitrogens with zero attached hydrogens (tertiary/aromatic N) is 5. The average molecular weight is 401 g/mol. The van der Waals surface area contributed by atoms with Crippen LogP contribution < -0.4 is 0 Å². The molecule has 9 nitrogen and oxygen atoms in total. The summed E-state index contributed by atoms with van der Waals surface area (Å²) in [6.07, 6.45) is 3.31. The summed E-state index contributed by atoms with van der Waals surface area (Å²) in [6, 6.07) is 3.67. The van der Waals surface area contributed by atoms with Crippen LogP contribution in [0.25, 0.3) is 0 Å². The lowest BCUT2D eigenvalue weighted by Gasteiger charge is -2.29. The number of likely N-dealkylation sites (N-methyl/N-ethyl adjacent to an activating group) is 1. The normalized spacial score (nSPS) is 17.4. The predicted molar refractivity (Wildman–Crippen MR) is 105 cm³/mol. The molecule has 2 aliphatic rings. The first kappa shape index (κ1) is 19.7. The van der Waals surface area contributed by atoms with E-state index >= 15 is 0 Å². The van der Waals surface area contributed by atoms with E-state index in [1.54, 1.807) is 26.8 Å². The number of rotatable bonds is 7. The number of aromatic nitrogens is 2. The highest BCUT2D eigenvalue weighted by Gasteiger charge is 2.29. The molecule has 0 bridgehead atoms. The van der Waals surface area contributed by atoms with Crippen molar-refractivity contribution in [2.75, 3.05) is 52.5 Å². The zero-order valence-electron chi connectivity index (χ0n) is 16.7. The molecule has 156 valence electrons. The number of hydrogen-bond donors (Lipinski definition) is 0. The van der Waals surface area contributed by atoms with Crippen molar-refractivity contribution in [2.45, 2.75) is 20.0 Å². The van der Waals surface area contributed by atoms with E-state index in [9.17, 15) is 9.59 Å². The van der Waals surface area contributed by atoms with Crippen LogP contribution in [0.3, 0.4) is 0 Å². The first-order valence-electron chi connectivity index (χ1n) is 10.1. The molecule has 9 heteroatoms. The van der Waals surface area contributed by atoms with Crippen LogP contribution in [0.15, 0.2) is 29.0 Å². The molecule has 1 fully saturated rings. The number of ether oxygens (including phenoxy) is 1. The van der Waals surface area contributed by atoms with Gasteiger partial charge in [0.05, 0.1) is 26.0 Å². The topological polar surface area (TPSA) is 84.1 Å². The standard InChI is InChI=1S/C20H27N5O4/c1-2-23-7-8-24-15-17(21-18(24)20(23)27)19(26)25(14-16-4-3-11-29-16)6-5-22-9-12-28-13-10-22/h3-4,11,15H,2,5-10,12-14H2,1H3. The lowest BCUT2D eigenvalue weighted by Crippen LogP contribution is -2.43. The maximum atomic E-state index is 13.3. The maximum Gasteiger partial charge on any atom is 0.289 e. The predicted octanol–water partition coefficient (Wildman–Crippen LogP) is 0.926. The van der Waals surface area contributed by atoms with Crippen molar-refractivity contribution in [3.05, 3.63) is 41.9 Å². The molecule has 0 radical (unpaired) electrons. The summed E-state index contributed by atoms with van der Waals surface area (Å²) in [7, 11) is 0. The fourth-order valence-corrected chi connectivity index (χ4v) is 3.73. The van der Waals surface area contributed by atoms with E-state index in [2.05, 4.69) is 9.88 Å². The van der Waals surface area contributed by atoms with Gasteiger partial charge in [-0.1, -0.05) is 0 Å². The summed E-state index contributed by atoms with van der Waals surface area (Å²) >= 11 is 0. The van der Waals surface area contributed by atoms with Gasteiger partial charge in [0.25, 0.3) is 11.8 Å². The van der Waals surface area contributed by atoms with Crippen LogP contribution in [-0.2, 0) is 17.8 Å². The van der Waals surface area contributed by atoms with E-state index in [1.165, 1.54) is 0 Å². The number of hydrogen-bond acceptors (Lipinski definition) is 6. The molecule has 0 N–H and O–H groups in total. The minimum atomic E-state index is -0.188. The molecule has 1 saturated heterocycles.